The highest BCUT2D eigenvalue weighted by Gasteiger charge is 2.37. The van der Waals surface area contributed by atoms with E-state index in [-0.39, 0.29) is 6.10 Å². The molecule has 0 spiro atoms. The number of hydrogen-bond acceptors (Lipinski definition) is 7. The van der Waals surface area contributed by atoms with E-state index in [1.807, 2.05) is 6.92 Å². The molecule has 0 saturated carbocycles. The number of morpholine rings is 1. The van der Waals surface area contributed by atoms with Gasteiger partial charge in [0.25, 0.3) is 0 Å². The van der Waals surface area contributed by atoms with Crippen molar-refractivity contribution in [3.63, 3.8) is 0 Å². The van der Waals surface area contributed by atoms with Gasteiger partial charge < -0.3 is 14.4 Å². The monoisotopic (exact) mass is 451 g/mol. The van der Waals surface area contributed by atoms with Crippen LogP contribution in [0.2, 0.25) is 0 Å². The number of rotatable bonds is 6. The Morgan fingerprint density at radius 2 is 2.09 bits per heavy atom. The molecule has 2 aliphatic heterocycles. The maximum Gasteiger partial charge on any atom is 0.227 e. The molecule has 1 saturated heterocycles. The molecule has 2 aromatic heterocycles. The highest BCUT2D eigenvalue weighted by molar-refractivity contribution is 7.09. The Hall–Kier alpha value is -2.71. The van der Waals surface area contributed by atoms with Crippen LogP contribution in [0.3, 0.4) is 0 Å². The standard InChI is InChI=1S/C24H29N5O2S/c1-18-17-32-21(25-18)20-16-28(13-15-30-20)23-27-26-22(24(2)11-6-7-14-31-24)29(23)12-10-19-8-4-3-5-9-19/h3-5,7-9,14,17,20H,6,10-13,15-16H2,1-2H3. The topological polar surface area (TPSA) is 65.3 Å². The van der Waals surface area contributed by atoms with Crippen LogP contribution >= 0.6 is 11.3 Å². The average molecular weight is 452 g/mol. The highest BCUT2D eigenvalue weighted by atomic mass is 32.1. The second-order valence-corrected chi connectivity index (χ2v) is 9.49. The molecule has 0 amide bonds. The fraction of sp³-hybridized carbons (Fsp3) is 0.458. The molecule has 32 heavy (non-hydrogen) atoms. The third-order valence-corrected chi connectivity index (χ3v) is 7.20. The molecular formula is C24H29N5O2S. The number of hydrogen-bond donors (Lipinski definition) is 0. The SMILES string of the molecule is Cc1csc(C2CN(c3nnc(C4(C)CCC=CO4)n3CCc3ccccc3)CCO2)n1. The van der Waals surface area contributed by atoms with Gasteiger partial charge in [0.2, 0.25) is 5.95 Å². The van der Waals surface area contributed by atoms with E-state index in [1.165, 1.54) is 5.56 Å². The first-order valence-electron chi connectivity index (χ1n) is 11.2. The molecule has 3 aromatic rings. The van der Waals surface area contributed by atoms with Gasteiger partial charge in [-0.3, -0.25) is 4.57 Å². The molecule has 168 valence electrons. The molecule has 7 nitrogen and oxygen atoms in total. The molecule has 1 aromatic carbocycles. The molecule has 2 atom stereocenters. The molecular weight excluding hydrogens is 422 g/mol. The van der Waals surface area contributed by atoms with E-state index in [9.17, 15) is 0 Å². The zero-order valence-electron chi connectivity index (χ0n) is 18.6. The minimum atomic E-state index is -0.477. The highest BCUT2D eigenvalue weighted by Crippen LogP contribution is 2.35. The van der Waals surface area contributed by atoms with E-state index in [0.717, 1.165) is 54.8 Å². The van der Waals surface area contributed by atoms with Crippen LogP contribution in [0.5, 0.6) is 0 Å². The maximum absolute atomic E-state index is 6.08. The van der Waals surface area contributed by atoms with Crippen LogP contribution in [-0.4, -0.2) is 39.4 Å². The van der Waals surface area contributed by atoms with Crippen molar-refractivity contribution < 1.29 is 9.47 Å². The number of allylic oxidation sites excluding steroid dienone is 1. The van der Waals surface area contributed by atoms with Gasteiger partial charge in [0, 0.05) is 24.2 Å². The molecule has 4 heterocycles. The summed E-state index contributed by atoms with van der Waals surface area (Å²) in [7, 11) is 0. The van der Waals surface area contributed by atoms with E-state index < -0.39 is 5.60 Å². The Bertz CT molecular complexity index is 1080. The minimum absolute atomic E-state index is 0.0466. The summed E-state index contributed by atoms with van der Waals surface area (Å²) in [4.78, 5) is 6.93. The Kier molecular flexibility index (Phi) is 5.97. The van der Waals surface area contributed by atoms with Gasteiger partial charge in [-0.05, 0) is 44.7 Å². The van der Waals surface area contributed by atoms with Gasteiger partial charge in [-0.2, -0.15) is 0 Å². The number of ether oxygens (including phenoxy) is 2. The third-order valence-electron chi connectivity index (χ3n) is 6.15. The van der Waals surface area contributed by atoms with Crippen molar-refractivity contribution >= 4 is 17.3 Å². The van der Waals surface area contributed by atoms with Crippen LogP contribution in [0.4, 0.5) is 5.95 Å². The predicted molar refractivity (Wildman–Crippen MR) is 125 cm³/mol. The molecule has 0 bridgehead atoms. The van der Waals surface area contributed by atoms with E-state index in [4.69, 9.17) is 9.47 Å². The summed E-state index contributed by atoms with van der Waals surface area (Å²) >= 11 is 1.66. The van der Waals surface area contributed by atoms with Crippen molar-refractivity contribution in [3.05, 3.63) is 70.1 Å². The second-order valence-electron chi connectivity index (χ2n) is 8.60. The van der Waals surface area contributed by atoms with Gasteiger partial charge in [0.05, 0.1) is 19.4 Å². The van der Waals surface area contributed by atoms with Gasteiger partial charge in [-0.25, -0.2) is 4.98 Å². The lowest BCUT2D eigenvalue weighted by atomic mass is 9.97. The molecule has 1 fully saturated rings. The summed E-state index contributed by atoms with van der Waals surface area (Å²) in [5.74, 6) is 1.78. The molecule has 5 rings (SSSR count). The van der Waals surface area contributed by atoms with Crippen LogP contribution in [0.25, 0.3) is 0 Å². The van der Waals surface area contributed by atoms with E-state index >= 15 is 0 Å². The van der Waals surface area contributed by atoms with E-state index in [2.05, 4.69) is 73.4 Å². The number of nitrogens with zero attached hydrogens (tertiary/aromatic N) is 5. The van der Waals surface area contributed by atoms with Crippen molar-refractivity contribution in [1.29, 1.82) is 0 Å². The van der Waals surface area contributed by atoms with Gasteiger partial charge >= 0.3 is 0 Å². The zero-order chi connectivity index (χ0) is 22.0. The zero-order valence-corrected chi connectivity index (χ0v) is 19.4. The third kappa shape index (κ3) is 4.29. The number of anilines is 1. The lowest BCUT2D eigenvalue weighted by Gasteiger charge is -2.34. The van der Waals surface area contributed by atoms with Crippen LogP contribution < -0.4 is 4.90 Å². The van der Waals surface area contributed by atoms with Crippen molar-refractivity contribution in [3.8, 4) is 0 Å². The summed E-state index contributed by atoms with van der Waals surface area (Å²) in [6.07, 6.45) is 6.58. The minimum Gasteiger partial charge on any atom is -0.487 e. The summed E-state index contributed by atoms with van der Waals surface area (Å²) in [6, 6.07) is 10.6. The summed E-state index contributed by atoms with van der Waals surface area (Å²) in [6.45, 7) is 7.06. The maximum atomic E-state index is 6.08. The molecule has 2 unspecified atom stereocenters. The van der Waals surface area contributed by atoms with Gasteiger partial charge in [-0.1, -0.05) is 30.3 Å². The Morgan fingerprint density at radius 3 is 2.84 bits per heavy atom. The average Bonchev–Trinajstić information content (AvgIpc) is 3.46. The number of thiazole rings is 1. The van der Waals surface area contributed by atoms with Crippen molar-refractivity contribution in [1.82, 2.24) is 19.7 Å². The van der Waals surface area contributed by atoms with E-state index in [0.29, 0.717) is 13.2 Å². The van der Waals surface area contributed by atoms with Gasteiger partial charge in [-0.15, -0.1) is 21.5 Å². The van der Waals surface area contributed by atoms with Crippen LogP contribution in [-0.2, 0) is 28.0 Å². The number of benzene rings is 1. The Morgan fingerprint density at radius 1 is 1.22 bits per heavy atom. The first kappa shape index (κ1) is 21.2. The summed E-state index contributed by atoms with van der Waals surface area (Å²) in [5.41, 5.74) is 1.86. The normalized spacial score (nSPS) is 23.3. The fourth-order valence-electron chi connectivity index (χ4n) is 4.36. The van der Waals surface area contributed by atoms with Crippen LogP contribution in [0.1, 0.15) is 48.0 Å². The van der Waals surface area contributed by atoms with Crippen LogP contribution in [0.15, 0.2) is 48.0 Å². The molecule has 0 radical (unpaired) electrons. The number of aromatic nitrogens is 4. The quantitative estimate of drug-likeness (QED) is 0.553. The summed E-state index contributed by atoms with van der Waals surface area (Å²) in [5, 5.41) is 12.4. The van der Waals surface area contributed by atoms with Crippen LogP contribution in [0, 0.1) is 6.92 Å². The fourth-order valence-corrected chi connectivity index (χ4v) is 5.20. The Balaban J connectivity index is 1.45. The molecule has 8 heteroatoms. The van der Waals surface area contributed by atoms with Crippen molar-refractivity contribution in [2.45, 2.75) is 51.4 Å². The lowest BCUT2D eigenvalue weighted by molar-refractivity contribution is 0.00626. The lowest BCUT2D eigenvalue weighted by Crippen LogP contribution is -2.40. The number of aryl methyl sites for hydroxylation is 2. The molecule has 0 aliphatic carbocycles. The van der Waals surface area contributed by atoms with Crippen molar-refractivity contribution in [2.24, 2.45) is 0 Å². The van der Waals surface area contributed by atoms with Gasteiger partial charge in [0.15, 0.2) is 11.4 Å². The van der Waals surface area contributed by atoms with Crippen molar-refractivity contribution in [2.75, 3.05) is 24.6 Å². The molecule has 2 aliphatic rings. The predicted octanol–water partition coefficient (Wildman–Crippen LogP) is 4.40. The second kappa shape index (κ2) is 9.03. The Labute approximate surface area is 192 Å². The molecule has 0 N–H and O–H groups in total. The van der Waals surface area contributed by atoms with Gasteiger partial charge in [0.1, 0.15) is 11.1 Å². The summed E-state index contributed by atoms with van der Waals surface area (Å²) < 4.78 is 14.4. The smallest absolute Gasteiger partial charge is 0.227 e. The largest absolute Gasteiger partial charge is 0.487 e. The first-order valence-corrected chi connectivity index (χ1v) is 12.1. The first-order chi connectivity index (χ1) is 15.6. The van der Waals surface area contributed by atoms with E-state index in [1.54, 1.807) is 17.6 Å².